The summed E-state index contributed by atoms with van der Waals surface area (Å²) in [5.41, 5.74) is 3.46. The van der Waals surface area contributed by atoms with Crippen molar-refractivity contribution >= 4 is 66.4 Å². The molecule has 8 nitrogen and oxygen atoms in total. The van der Waals surface area contributed by atoms with Crippen LogP contribution in [0.3, 0.4) is 0 Å². The SMILES string of the molecule is CCC(Sc1nnc2c3ccccc3n(CC)c2n1)C(=O)Nc1nc2ccc(OC)cc2s1. The standard InChI is InChI=1S/C23H22N6O2S2/c1-4-17(21(30)26-22-24-15-11-10-13(31-3)12-18(15)33-22)32-23-25-20-19(27-28-23)14-8-6-7-9-16(14)29(20)5-2/h6-12,17H,4-5H2,1-3H3,(H,24,26,30). The summed E-state index contributed by atoms with van der Waals surface area (Å²) in [4.78, 5) is 22.3. The van der Waals surface area contributed by atoms with Gasteiger partial charge in [-0.3, -0.25) is 4.79 Å². The average Bonchev–Trinajstić information content (AvgIpc) is 3.39. The number of aromatic nitrogens is 5. The molecule has 5 rings (SSSR count). The van der Waals surface area contributed by atoms with Gasteiger partial charge in [0.25, 0.3) is 0 Å². The first kappa shape index (κ1) is 21.6. The van der Waals surface area contributed by atoms with Crippen LogP contribution in [0, 0.1) is 0 Å². The van der Waals surface area contributed by atoms with Crippen LogP contribution in [0.1, 0.15) is 20.3 Å². The van der Waals surface area contributed by atoms with E-state index in [1.54, 1.807) is 7.11 Å². The molecule has 0 radical (unpaired) electrons. The highest BCUT2D eigenvalue weighted by molar-refractivity contribution is 8.00. The molecule has 0 aliphatic rings. The zero-order valence-corrected chi connectivity index (χ0v) is 20.0. The summed E-state index contributed by atoms with van der Waals surface area (Å²) >= 11 is 2.74. The van der Waals surface area contributed by atoms with Crippen LogP contribution in [-0.4, -0.2) is 43.0 Å². The number of methoxy groups -OCH3 is 1. The molecule has 0 bridgehead atoms. The Balaban J connectivity index is 1.39. The molecule has 168 valence electrons. The first-order valence-corrected chi connectivity index (χ1v) is 12.3. The van der Waals surface area contributed by atoms with Gasteiger partial charge in [0.1, 0.15) is 11.3 Å². The molecule has 0 saturated heterocycles. The molecule has 0 saturated carbocycles. The summed E-state index contributed by atoms with van der Waals surface area (Å²) in [6, 6.07) is 13.7. The number of aryl methyl sites for hydroxylation is 1. The molecular formula is C23H22N6O2S2. The average molecular weight is 479 g/mol. The Kier molecular flexibility index (Phi) is 5.86. The third kappa shape index (κ3) is 4.00. The number of para-hydroxylation sites is 1. The van der Waals surface area contributed by atoms with Crippen LogP contribution in [0.25, 0.3) is 32.3 Å². The van der Waals surface area contributed by atoms with Gasteiger partial charge in [-0.2, -0.15) is 0 Å². The summed E-state index contributed by atoms with van der Waals surface area (Å²) in [5.74, 6) is 0.629. The maximum atomic E-state index is 13.0. The molecule has 3 aromatic heterocycles. The number of anilines is 1. The predicted molar refractivity (Wildman–Crippen MR) is 133 cm³/mol. The van der Waals surface area contributed by atoms with E-state index in [4.69, 9.17) is 9.72 Å². The maximum absolute atomic E-state index is 13.0. The summed E-state index contributed by atoms with van der Waals surface area (Å²) in [6.07, 6.45) is 0.618. The van der Waals surface area contributed by atoms with Gasteiger partial charge in [0.05, 0.1) is 28.1 Å². The third-order valence-electron chi connectivity index (χ3n) is 5.41. The molecule has 5 aromatic rings. The van der Waals surface area contributed by atoms with Gasteiger partial charge in [-0.1, -0.05) is 48.2 Å². The molecule has 1 amide bonds. The van der Waals surface area contributed by atoms with Crippen molar-refractivity contribution in [2.45, 2.75) is 37.2 Å². The van der Waals surface area contributed by atoms with Crippen LogP contribution in [0.5, 0.6) is 5.75 Å². The van der Waals surface area contributed by atoms with Crippen molar-refractivity contribution in [3.63, 3.8) is 0 Å². The number of hydrogen-bond donors (Lipinski definition) is 1. The van der Waals surface area contributed by atoms with Crippen LogP contribution >= 0.6 is 23.1 Å². The van der Waals surface area contributed by atoms with Crippen molar-refractivity contribution in [2.24, 2.45) is 0 Å². The second kappa shape index (κ2) is 8.95. The molecule has 1 atom stereocenters. The number of nitrogens with one attached hydrogen (secondary N) is 1. The number of carbonyl (C=O) groups excluding carboxylic acids is 1. The van der Waals surface area contributed by atoms with Crippen LogP contribution in [-0.2, 0) is 11.3 Å². The lowest BCUT2D eigenvalue weighted by Crippen LogP contribution is -2.24. The fraction of sp³-hybridized carbons (Fsp3) is 0.261. The molecule has 2 aromatic carbocycles. The summed E-state index contributed by atoms with van der Waals surface area (Å²) < 4.78 is 8.35. The Morgan fingerprint density at radius 2 is 2.03 bits per heavy atom. The molecule has 33 heavy (non-hydrogen) atoms. The highest BCUT2D eigenvalue weighted by atomic mass is 32.2. The lowest BCUT2D eigenvalue weighted by Gasteiger charge is -2.12. The molecule has 3 heterocycles. The summed E-state index contributed by atoms with van der Waals surface area (Å²) in [6.45, 7) is 4.82. The highest BCUT2D eigenvalue weighted by Crippen LogP contribution is 2.31. The minimum Gasteiger partial charge on any atom is -0.497 e. The van der Waals surface area contributed by atoms with Crippen molar-refractivity contribution in [1.29, 1.82) is 0 Å². The first-order valence-electron chi connectivity index (χ1n) is 10.6. The largest absolute Gasteiger partial charge is 0.497 e. The number of thiazole rings is 1. The van der Waals surface area contributed by atoms with E-state index in [-0.39, 0.29) is 11.2 Å². The Hall–Kier alpha value is -3.24. The van der Waals surface area contributed by atoms with Gasteiger partial charge < -0.3 is 14.6 Å². The van der Waals surface area contributed by atoms with Crippen molar-refractivity contribution in [1.82, 2.24) is 24.7 Å². The normalized spacial score (nSPS) is 12.5. The molecule has 0 fully saturated rings. The second-order valence-corrected chi connectivity index (χ2v) is 9.59. The quantitative estimate of drug-likeness (QED) is 0.324. The number of benzene rings is 2. The number of hydrogen-bond acceptors (Lipinski definition) is 8. The van der Waals surface area contributed by atoms with Gasteiger partial charge in [0.15, 0.2) is 10.8 Å². The van der Waals surface area contributed by atoms with Crippen LogP contribution in [0.4, 0.5) is 5.13 Å². The zero-order valence-electron chi connectivity index (χ0n) is 18.4. The molecule has 1 unspecified atom stereocenters. The van der Waals surface area contributed by atoms with Gasteiger partial charge in [0, 0.05) is 11.9 Å². The number of ether oxygens (including phenoxy) is 1. The number of fused-ring (bicyclic) bond motifs is 4. The van der Waals surface area contributed by atoms with Gasteiger partial charge >= 0.3 is 0 Å². The Labute approximate surface area is 198 Å². The van der Waals surface area contributed by atoms with Crippen LogP contribution < -0.4 is 10.1 Å². The van der Waals surface area contributed by atoms with E-state index < -0.39 is 0 Å². The van der Waals surface area contributed by atoms with Gasteiger partial charge in [0.2, 0.25) is 11.1 Å². The Bertz CT molecular complexity index is 1480. The van der Waals surface area contributed by atoms with E-state index in [1.165, 1.54) is 23.1 Å². The first-order chi connectivity index (χ1) is 16.1. The maximum Gasteiger partial charge on any atom is 0.239 e. The van der Waals surface area contributed by atoms with E-state index in [9.17, 15) is 4.79 Å². The topological polar surface area (TPSA) is 94.8 Å². The smallest absolute Gasteiger partial charge is 0.239 e. The van der Waals surface area contributed by atoms with E-state index >= 15 is 0 Å². The monoisotopic (exact) mass is 478 g/mol. The molecule has 0 aliphatic heterocycles. The number of rotatable bonds is 7. The molecular weight excluding hydrogens is 456 g/mol. The van der Waals surface area contributed by atoms with Crippen molar-refractivity contribution < 1.29 is 9.53 Å². The number of thioether (sulfide) groups is 1. The van der Waals surface area contributed by atoms with Crippen molar-refractivity contribution in [2.75, 3.05) is 12.4 Å². The second-order valence-electron chi connectivity index (χ2n) is 7.38. The van der Waals surface area contributed by atoms with E-state index in [2.05, 4.69) is 38.1 Å². The minimum atomic E-state index is -0.370. The van der Waals surface area contributed by atoms with Gasteiger partial charge in [-0.05, 0) is 37.6 Å². The third-order valence-corrected chi connectivity index (χ3v) is 7.56. The summed E-state index contributed by atoms with van der Waals surface area (Å²) in [7, 11) is 1.63. The van der Waals surface area contributed by atoms with Gasteiger partial charge in [-0.15, -0.1) is 10.2 Å². The number of carbonyl (C=O) groups is 1. The van der Waals surface area contributed by atoms with E-state index in [0.717, 1.165) is 44.6 Å². The van der Waals surface area contributed by atoms with Crippen LogP contribution in [0.2, 0.25) is 0 Å². The minimum absolute atomic E-state index is 0.131. The zero-order chi connectivity index (χ0) is 22.9. The molecule has 0 spiro atoms. The highest BCUT2D eigenvalue weighted by Gasteiger charge is 2.22. The Morgan fingerprint density at radius 1 is 1.18 bits per heavy atom. The molecule has 10 heteroatoms. The fourth-order valence-electron chi connectivity index (χ4n) is 3.78. The number of nitrogens with zero attached hydrogens (tertiary/aromatic N) is 5. The van der Waals surface area contributed by atoms with Crippen LogP contribution in [0.15, 0.2) is 47.6 Å². The molecule has 1 N–H and O–H groups in total. The lowest BCUT2D eigenvalue weighted by molar-refractivity contribution is -0.115. The van der Waals surface area contributed by atoms with Gasteiger partial charge in [-0.25, -0.2) is 9.97 Å². The van der Waals surface area contributed by atoms with E-state index in [0.29, 0.717) is 16.7 Å². The fourth-order valence-corrected chi connectivity index (χ4v) is 5.49. The number of amides is 1. The molecule has 0 aliphatic carbocycles. The predicted octanol–water partition coefficient (Wildman–Crippen LogP) is 5.13. The van der Waals surface area contributed by atoms with Crippen molar-refractivity contribution in [3.05, 3.63) is 42.5 Å². The Morgan fingerprint density at radius 3 is 2.82 bits per heavy atom. The summed E-state index contributed by atoms with van der Waals surface area (Å²) in [5, 5.41) is 13.4. The van der Waals surface area contributed by atoms with E-state index in [1.807, 2.05) is 43.3 Å². The van der Waals surface area contributed by atoms with Crippen molar-refractivity contribution in [3.8, 4) is 5.75 Å². The lowest BCUT2D eigenvalue weighted by atomic mass is 10.2.